The van der Waals surface area contributed by atoms with Gasteiger partial charge in [-0.1, -0.05) is 30.3 Å². The van der Waals surface area contributed by atoms with Crippen LogP contribution in [0.2, 0.25) is 0 Å². The van der Waals surface area contributed by atoms with Crippen molar-refractivity contribution in [2.45, 2.75) is 0 Å². The monoisotopic (exact) mass is 358 g/mol. The number of para-hydroxylation sites is 1. The third kappa shape index (κ3) is 5.13. The third-order valence-electron chi connectivity index (χ3n) is 3.38. The Labute approximate surface area is 152 Å². The van der Waals surface area contributed by atoms with Gasteiger partial charge in [-0.05, 0) is 42.5 Å². The molecule has 0 amide bonds. The summed E-state index contributed by atoms with van der Waals surface area (Å²) in [5.74, 6) is 1.69. The van der Waals surface area contributed by atoms with Crippen molar-refractivity contribution in [3.8, 4) is 17.2 Å². The summed E-state index contributed by atoms with van der Waals surface area (Å²) in [5, 5.41) is 0.412. The van der Waals surface area contributed by atoms with Crippen LogP contribution in [0.3, 0.4) is 0 Å². The van der Waals surface area contributed by atoms with Crippen molar-refractivity contribution in [3.63, 3.8) is 0 Å². The van der Waals surface area contributed by atoms with Crippen LogP contribution in [-0.2, 0) is 0 Å². The van der Waals surface area contributed by atoms with Crippen LogP contribution >= 0.6 is 11.6 Å². The predicted molar refractivity (Wildman–Crippen MR) is 99.8 cm³/mol. The number of rotatable bonds is 8. The van der Waals surface area contributed by atoms with E-state index in [0.29, 0.717) is 27.8 Å². The first kappa shape index (κ1) is 18.6. The smallest absolute Gasteiger partial charge is 0.185 e. The van der Waals surface area contributed by atoms with Gasteiger partial charge in [-0.25, -0.2) is 0 Å². The molecule has 0 spiro atoms. The van der Waals surface area contributed by atoms with Crippen molar-refractivity contribution in [1.82, 2.24) is 0 Å². The molecule has 0 aliphatic carbocycles. The molecule has 5 heteroatoms. The summed E-state index contributed by atoms with van der Waals surface area (Å²) in [6, 6.07) is 12.3. The summed E-state index contributed by atoms with van der Waals surface area (Å²) in [5.41, 5.74) is 1.31. The quantitative estimate of drug-likeness (QED) is 0.505. The molecular formula is C20H19ClO4. The van der Waals surface area contributed by atoms with E-state index in [1.54, 1.807) is 50.6 Å². The molecule has 0 bridgehead atoms. The molecule has 0 aromatic heterocycles. The number of ketones is 1. The van der Waals surface area contributed by atoms with E-state index in [1.807, 2.05) is 12.1 Å². The van der Waals surface area contributed by atoms with Crippen LogP contribution in [0.25, 0.3) is 6.08 Å². The molecule has 2 aromatic carbocycles. The number of benzene rings is 2. The van der Waals surface area contributed by atoms with E-state index in [0.717, 1.165) is 5.56 Å². The summed E-state index contributed by atoms with van der Waals surface area (Å²) in [7, 11) is 3.13. The van der Waals surface area contributed by atoms with E-state index in [9.17, 15) is 4.79 Å². The van der Waals surface area contributed by atoms with Gasteiger partial charge in [-0.15, -0.1) is 0 Å². The van der Waals surface area contributed by atoms with Gasteiger partial charge in [0.05, 0.1) is 14.2 Å². The minimum atomic E-state index is -0.127. The van der Waals surface area contributed by atoms with Crippen molar-refractivity contribution >= 4 is 23.5 Å². The predicted octanol–water partition coefficient (Wildman–Crippen LogP) is 4.73. The van der Waals surface area contributed by atoms with Crippen molar-refractivity contribution in [1.29, 1.82) is 0 Å². The second-order valence-electron chi connectivity index (χ2n) is 5.11. The molecule has 0 fully saturated rings. The van der Waals surface area contributed by atoms with Gasteiger partial charge in [0.2, 0.25) is 0 Å². The Morgan fingerprint density at radius 1 is 1.12 bits per heavy atom. The van der Waals surface area contributed by atoms with Crippen LogP contribution < -0.4 is 14.2 Å². The Hall–Kier alpha value is -2.72. The number of hydrogen-bond acceptors (Lipinski definition) is 4. The van der Waals surface area contributed by atoms with Gasteiger partial charge in [0.15, 0.2) is 17.3 Å². The maximum absolute atomic E-state index is 12.3. The van der Waals surface area contributed by atoms with E-state index >= 15 is 0 Å². The number of methoxy groups -OCH3 is 2. The number of carbonyl (C=O) groups is 1. The molecule has 2 aromatic rings. The molecule has 0 saturated carbocycles. The summed E-state index contributed by atoms with van der Waals surface area (Å²) in [6.45, 7) is 3.78. The van der Waals surface area contributed by atoms with Crippen LogP contribution in [0, 0.1) is 0 Å². The van der Waals surface area contributed by atoms with E-state index in [-0.39, 0.29) is 12.4 Å². The van der Waals surface area contributed by atoms with E-state index in [2.05, 4.69) is 6.58 Å². The fourth-order valence-electron chi connectivity index (χ4n) is 2.18. The Balaban J connectivity index is 2.11. The number of halogens is 1. The zero-order valence-corrected chi connectivity index (χ0v) is 14.9. The minimum absolute atomic E-state index is 0.127. The lowest BCUT2D eigenvalue weighted by Gasteiger charge is -2.09. The van der Waals surface area contributed by atoms with Crippen molar-refractivity contribution in [2.24, 2.45) is 0 Å². The van der Waals surface area contributed by atoms with Gasteiger partial charge in [-0.3, -0.25) is 4.79 Å². The molecule has 130 valence electrons. The fraction of sp³-hybridized carbons (Fsp3) is 0.150. The maximum atomic E-state index is 12.3. The Kier molecular flexibility index (Phi) is 6.66. The Morgan fingerprint density at radius 3 is 2.44 bits per heavy atom. The first-order valence-corrected chi connectivity index (χ1v) is 7.92. The van der Waals surface area contributed by atoms with Crippen LogP contribution in [-0.4, -0.2) is 26.6 Å². The third-order valence-corrected chi connectivity index (χ3v) is 3.49. The number of carbonyl (C=O) groups excluding carboxylic acids is 1. The lowest BCUT2D eigenvalue weighted by Crippen LogP contribution is -1.98. The highest BCUT2D eigenvalue weighted by molar-refractivity contribution is 6.29. The van der Waals surface area contributed by atoms with E-state index < -0.39 is 0 Å². The largest absolute Gasteiger partial charge is 0.493 e. The lowest BCUT2D eigenvalue weighted by molar-refractivity contribution is 0.104. The van der Waals surface area contributed by atoms with Gasteiger partial charge in [-0.2, -0.15) is 0 Å². The Morgan fingerprint density at radius 2 is 1.84 bits per heavy atom. The molecule has 0 unspecified atom stereocenters. The van der Waals surface area contributed by atoms with Crippen LogP contribution in [0.5, 0.6) is 17.2 Å². The van der Waals surface area contributed by atoms with E-state index in [1.165, 1.54) is 6.08 Å². The summed E-state index contributed by atoms with van der Waals surface area (Å²) < 4.78 is 16.0. The highest BCUT2D eigenvalue weighted by atomic mass is 35.5. The highest BCUT2D eigenvalue weighted by Gasteiger charge is 2.08. The van der Waals surface area contributed by atoms with Crippen molar-refractivity contribution in [2.75, 3.05) is 20.8 Å². The topological polar surface area (TPSA) is 44.8 Å². The number of allylic oxidation sites excluding steroid dienone is 1. The molecule has 0 radical (unpaired) electrons. The van der Waals surface area contributed by atoms with Crippen molar-refractivity contribution < 1.29 is 19.0 Å². The molecule has 25 heavy (non-hydrogen) atoms. The lowest BCUT2D eigenvalue weighted by atomic mass is 10.1. The second-order valence-corrected chi connectivity index (χ2v) is 5.65. The average Bonchev–Trinajstić information content (AvgIpc) is 2.64. The van der Waals surface area contributed by atoms with Crippen LogP contribution in [0.4, 0.5) is 0 Å². The molecule has 0 N–H and O–H groups in total. The number of ether oxygens (including phenoxy) is 3. The Bertz CT molecular complexity index is 779. The van der Waals surface area contributed by atoms with Crippen LogP contribution in [0.15, 0.2) is 60.2 Å². The second kappa shape index (κ2) is 8.94. The van der Waals surface area contributed by atoms with Crippen LogP contribution in [0.1, 0.15) is 15.9 Å². The first-order valence-electron chi connectivity index (χ1n) is 7.54. The van der Waals surface area contributed by atoms with Gasteiger partial charge in [0.1, 0.15) is 12.4 Å². The zero-order valence-electron chi connectivity index (χ0n) is 14.1. The highest BCUT2D eigenvalue weighted by Crippen LogP contribution is 2.31. The standard InChI is InChI=1S/C20H19ClO4/c1-14(21)13-25-17-10-7-15(8-11-17)18(22)12-9-16-5-4-6-19(23-2)20(16)24-3/h4-12H,1,13H2,2-3H3/b12-9+. The van der Waals surface area contributed by atoms with Crippen molar-refractivity contribution in [3.05, 3.63) is 71.3 Å². The molecule has 0 aliphatic heterocycles. The van der Waals surface area contributed by atoms with Gasteiger partial charge < -0.3 is 14.2 Å². The molecule has 0 heterocycles. The molecule has 0 aliphatic rings. The number of hydrogen-bond donors (Lipinski definition) is 0. The molecular weight excluding hydrogens is 340 g/mol. The summed E-state index contributed by atoms with van der Waals surface area (Å²) in [6.07, 6.45) is 3.19. The van der Waals surface area contributed by atoms with Gasteiger partial charge in [0, 0.05) is 16.2 Å². The maximum Gasteiger partial charge on any atom is 0.185 e. The van der Waals surface area contributed by atoms with Gasteiger partial charge >= 0.3 is 0 Å². The molecule has 2 rings (SSSR count). The zero-order chi connectivity index (χ0) is 18.2. The summed E-state index contributed by atoms with van der Waals surface area (Å²) >= 11 is 5.65. The summed E-state index contributed by atoms with van der Waals surface area (Å²) in [4.78, 5) is 12.3. The normalized spacial score (nSPS) is 10.5. The molecule has 0 atom stereocenters. The first-order chi connectivity index (χ1) is 12.0. The van der Waals surface area contributed by atoms with E-state index in [4.69, 9.17) is 25.8 Å². The molecule has 4 nitrogen and oxygen atoms in total. The average molecular weight is 359 g/mol. The SMILES string of the molecule is C=C(Cl)COc1ccc(C(=O)/C=C/c2cccc(OC)c2OC)cc1. The van der Waals surface area contributed by atoms with Gasteiger partial charge in [0.25, 0.3) is 0 Å². The fourth-order valence-corrected chi connectivity index (χ4v) is 2.24. The molecule has 0 saturated heterocycles. The minimum Gasteiger partial charge on any atom is -0.493 e.